The van der Waals surface area contributed by atoms with Crippen molar-refractivity contribution in [1.82, 2.24) is 0 Å². The number of rotatable bonds is 5. The first-order valence-electron chi connectivity index (χ1n) is 27.8. The predicted octanol–water partition coefficient (Wildman–Crippen LogP) is 21.7. The van der Waals surface area contributed by atoms with Gasteiger partial charge in [-0.1, -0.05) is 246 Å². The Morgan fingerprint density at radius 3 is 0.785 bits per heavy atom. The Hall–Kier alpha value is -9.43. The molecule has 14 aromatic rings. The molecule has 372 valence electrons. The summed E-state index contributed by atoms with van der Waals surface area (Å²) >= 11 is 0. The molecule has 0 spiro atoms. The molecule has 0 N–H and O–H groups in total. The molecule has 2 aliphatic rings. The lowest BCUT2D eigenvalue weighted by atomic mass is 9.78. The third kappa shape index (κ3) is 6.48. The van der Waals surface area contributed by atoms with Gasteiger partial charge in [-0.25, -0.2) is 4.39 Å². The third-order valence-corrected chi connectivity index (χ3v) is 18.3. The Morgan fingerprint density at radius 1 is 0.215 bits per heavy atom. The summed E-state index contributed by atoms with van der Waals surface area (Å²) in [4.78, 5) is 0. The molecule has 14 aromatic carbocycles. The normalized spacial score (nSPS) is 13.8. The van der Waals surface area contributed by atoms with Gasteiger partial charge in [0, 0.05) is 10.8 Å². The van der Waals surface area contributed by atoms with E-state index in [1.807, 2.05) is 12.1 Å². The van der Waals surface area contributed by atoms with E-state index in [1.165, 1.54) is 138 Å². The topological polar surface area (TPSA) is 0 Å². The summed E-state index contributed by atoms with van der Waals surface area (Å²) in [6.45, 7) is 9.55. The van der Waals surface area contributed by atoms with Crippen LogP contribution < -0.4 is 0 Å². The Balaban J connectivity index is 0.866. The van der Waals surface area contributed by atoms with Crippen LogP contribution in [0, 0.1) is 5.82 Å². The van der Waals surface area contributed by atoms with E-state index in [2.05, 4.69) is 252 Å². The van der Waals surface area contributed by atoms with E-state index in [0.717, 1.165) is 32.7 Å². The number of hydrogen-bond acceptors (Lipinski definition) is 0. The zero-order chi connectivity index (χ0) is 52.9. The summed E-state index contributed by atoms with van der Waals surface area (Å²) in [7, 11) is 0. The van der Waals surface area contributed by atoms with Crippen molar-refractivity contribution in [1.29, 1.82) is 0 Å². The maximum absolute atomic E-state index is 14.9. The molecule has 0 amide bonds. The highest BCUT2D eigenvalue weighted by molar-refractivity contribution is 6.30. The van der Waals surface area contributed by atoms with Crippen LogP contribution in [0.25, 0.3) is 143 Å². The van der Waals surface area contributed by atoms with Gasteiger partial charge in [-0.15, -0.1) is 0 Å². The van der Waals surface area contributed by atoms with Crippen molar-refractivity contribution in [3.8, 4) is 77.9 Å². The van der Waals surface area contributed by atoms with Gasteiger partial charge in [0.15, 0.2) is 0 Å². The highest BCUT2D eigenvalue weighted by Crippen LogP contribution is 2.56. The molecule has 0 saturated heterocycles. The summed E-state index contributed by atoms with van der Waals surface area (Å²) in [6, 6.07) is 91.3. The third-order valence-electron chi connectivity index (χ3n) is 18.3. The molecule has 1 heteroatoms. The van der Waals surface area contributed by atoms with Gasteiger partial charge in [-0.3, -0.25) is 0 Å². The smallest absolute Gasteiger partial charge is 0.123 e. The van der Waals surface area contributed by atoms with E-state index in [-0.39, 0.29) is 16.6 Å². The van der Waals surface area contributed by atoms with E-state index in [1.54, 1.807) is 6.07 Å². The summed E-state index contributed by atoms with van der Waals surface area (Å²) in [5.74, 6) is -0.233. The molecular formula is C78H53F. The van der Waals surface area contributed by atoms with Crippen LogP contribution >= 0.6 is 0 Å². The largest absolute Gasteiger partial charge is 0.207 e. The van der Waals surface area contributed by atoms with Gasteiger partial charge in [0.05, 0.1) is 0 Å². The van der Waals surface area contributed by atoms with Gasteiger partial charge in [-0.05, 0) is 195 Å². The fourth-order valence-corrected chi connectivity index (χ4v) is 14.7. The molecule has 16 rings (SSSR count). The molecule has 0 fully saturated rings. The fourth-order valence-electron chi connectivity index (χ4n) is 14.7. The second-order valence-corrected chi connectivity index (χ2v) is 23.1. The average molecular weight is 1010 g/mol. The molecule has 0 saturated carbocycles. The lowest BCUT2D eigenvalue weighted by Gasteiger charge is -2.25. The number of fused-ring (bicyclic) bond motifs is 12. The van der Waals surface area contributed by atoms with Crippen LogP contribution in [0.1, 0.15) is 49.9 Å². The first-order valence-corrected chi connectivity index (χ1v) is 27.8. The van der Waals surface area contributed by atoms with Gasteiger partial charge < -0.3 is 0 Å². The van der Waals surface area contributed by atoms with E-state index < -0.39 is 0 Å². The summed E-state index contributed by atoms with van der Waals surface area (Å²) in [6.07, 6.45) is 0. The van der Waals surface area contributed by atoms with Crippen LogP contribution in [0.5, 0.6) is 0 Å². The van der Waals surface area contributed by atoms with Crippen LogP contribution in [0.2, 0.25) is 0 Å². The zero-order valence-electron chi connectivity index (χ0n) is 44.5. The van der Waals surface area contributed by atoms with E-state index >= 15 is 0 Å². The Labute approximate surface area is 459 Å². The second kappa shape index (κ2) is 16.8. The van der Waals surface area contributed by atoms with E-state index in [0.29, 0.717) is 0 Å². The lowest BCUT2D eigenvalue weighted by Crippen LogP contribution is -2.15. The van der Waals surface area contributed by atoms with Gasteiger partial charge in [0.1, 0.15) is 5.82 Å². The Bertz CT molecular complexity index is 4800. The molecule has 79 heavy (non-hydrogen) atoms. The van der Waals surface area contributed by atoms with Gasteiger partial charge in [-0.2, -0.15) is 0 Å². The number of halogens is 1. The van der Waals surface area contributed by atoms with Gasteiger partial charge >= 0.3 is 0 Å². The van der Waals surface area contributed by atoms with Crippen LogP contribution in [0.15, 0.2) is 249 Å². The Kier molecular flexibility index (Phi) is 9.72. The minimum absolute atomic E-state index is 0.109. The van der Waals surface area contributed by atoms with Crippen LogP contribution in [0.3, 0.4) is 0 Å². The molecular weight excluding hydrogens is 956 g/mol. The van der Waals surface area contributed by atoms with Crippen LogP contribution in [0.4, 0.5) is 4.39 Å². The molecule has 0 nitrogen and oxygen atoms in total. The molecule has 0 unspecified atom stereocenters. The molecule has 0 bridgehead atoms. The van der Waals surface area contributed by atoms with Gasteiger partial charge in [0.25, 0.3) is 0 Å². The average Bonchev–Trinajstić information content (AvgIpc) is 4.10. The second-order valence-electron chi connectivity index (χ2n) is 23.1. The highest BCUT2D eigenvalue weighted by Gasteiger charge is 2.38. The van der Waals surface area contributed by atoms with Crippen molar-refractivity contribution in [3.63, 3.8) is 0 Å². The summed E-state index contributed by atoms with van der Waals surface area (Å²) in [5.41, 5.74) is 22.1. The van der Waals surface area contributed by atoms with Crippen molar-refractivity contribution in [2.45, 2.75) is 38.5 Å². The first kappa shape index (κ1) is 45.7. The molecule has 0 radical (unpaired) electrons. The van der Waals surface area contributed by atoms with E-state index in [4.69, 9.17) is 0 Å². The lowest BCUT2D eigenvalue weighted by molar-refractivity contribution is 0.628. The fraction of sp³-hybridized carbons (Fsp3) is 0.0769. The predicted molar refractivity (Wildman–Crippen MR) is 334 cm³/mol. The molecule has 0 aliphatic heterocycles. The van der Waals surface area contributed by atoms with Gasteiger partial charge in [0.2, 0.25) is 0 Å². The van der Waals surface area contributed by atoms with Crippen molar-refractivity contribution in [2.24, 2.45) is 0 Å². The summed E-state index contributed by atoms with van der Waals surface area (Å²) in [5, 5.41) is 14.5. The van der Waals surface area contributed by atoms with Crippen molar-refractivity contribution < 1.29 is 4.39 Å². The van der Waals surface area contributed by atoms with Crippen molar-refractivity contribution >= 4 is 64.6 Å². The maximum Gasteiger partial charge on any atom is 0.123 e. The monoisotopic (exact) mass is 1010 g/mol. The quantitative estimate of drug-likeness (QED) is 0.151. The van der Waals surface area contributed by atoms with Crippen molar-refractivity contribution in [3.05, 3.63) is 277 Å². The number of hydrogen-bond donors (Lipinski definition) is 0. The zero-order valence-corrected chi connectivity index (χ0v) is 44.5. The molecule has 2 aliphatic carbocycles. The first-order chi connectivity index (χ1) is 38.6. The minimum atomic E-state index is -0.298. The SMILES string of the molecule is CC1(C)c2ccccc2-c2ccc(-c3c4ccccc4c(-c4c5ccccc5c(-c5ccc6c(c5)C(C)(C)c5cc(-c7c8ccccc8c(-c8cccc(F)c8)c8ccccc78)ccc5-6)c5ccccc45)c4ccccc34)cc21. The highest BCUT2D eigenvalue weighted by atomic mass is 19.1. The minimum Gasteiger partial charge on any atom is -0.207 e. The maximum atomic E-state index is 14.9. The van der Waals surface area contributed by atoms with Crippen molar-refractivity contribution in [2.75, 3.05) is 0 Å². The standard InChI is InChI=1S/C78H53F/c1-77(2)67-35-18-17-22-51(67)52-39-36-47(43-68(52)77)73-59-27-9-13-31-63(59)75(64-32-14-10-28-60(64)73)76-65-33-15-11-29-61(65)74(62-30-12-16-34-66(62)76)49-38-41-54-53-40-37-48(44-69(53)78(3,4)70(54)45-49)72-57-25-7-5-23-55(57)71(46-20-19-21-50(79)42-46)56-24-6-8-26-58(56)72/h5-45H,1-4H3. The number of benzene rings is 14. The molecule has 0 aromatic heterocycles. The van der Waals surface area contributed by atoms with Crippen LogP contribution in [-0.4, -0.2) is 0 Å². The van der Waals surface area contributed by atoms with E-state index in [9.17, 15) is 4.39 Å². The Morgan fingerprint density at radius 2 is 0.468 bits per heavy atom. The summed E-state index contributed by atoms with van der Waals surface area (Å²) < 4.78 is 14.9. The van der Waals surface area contributed by atoms with Crippen LogP contribution in [-0.2, 0) is 10.8 Å². The molecule has 0 atom stereocenters. The molecule has 0 heterocycles.